The van der Waals surface area contributed by atoms with Crippen LogP contribution in [0.3, 0.4) is 0 Å². The van der Waals surface area contributed by atoms with Crippen LogP contribution in [0.4, 0.5) is 0 Å². The van der Waals surface area contributed by atoms with E-state index in [0.717, 1.165) is 12.0 Å². The van der Waals surface area contributed by atoms with Gasteiger partial charge in [0, 0.05) is 32.4 Å². The molecular formula is C10H17N3O. The molecular weight excluding hydrogens is 178 g/mol. The van der Waals surface area contributed by atoms with Gasteiger partial charge in [0.05, 0.1) is 0 Å². The summed E-state index contributed by atoms with van der Waals surface area (Å²) in [5.74, 6) is 0.150. The first-order valence-electron chi connectivity index (χ1n) is 4.79. The molecule has 0 bridgehead atoms. The van der Waals surface area contributed by atoms with E-state index in [1.54, 1.807) is 4.90 Å². The summed E-state index contributed by atoms with van der Waals surface area (Å²) in [6.45, 7) is 1.23. The largest absolute Gasteiger partial charge is 0.367 e. The number of carbonyl (C=O) groups excluding carboxylic acids is 1. The maximum atomic E-state index is 11.5. The monoisotopic (exact) mass is 195 g/mol. The smallest absolute Gasteiger partial charge is 0.222 e. The Labute approximate surface area is 84.1 Å². The molecule has 14 heavy (non-hydrogen) atoms. The quantitative estimate of drug-likeness (QED) is 0.727. The average Bonchev–Trinajstić information content (AvgIpc) is 2.66. The summed E-state index contributed by atoms with van der Waals surface area (Å²) < 4.78 is 0. The van der Waals surface area contributed by atoms with Crippen molar-refractivity contribution < 1.29 is 4.79 Å². The van der Waals surface area contributed by atoms with Gasteiger partial charge in [0.15, 0.2) is 0 Å². The fourth-order valence-corrected chi connectivity index (χ4v) is 1.26. The fourth-order valence-electron chi connectivity index (χ4n) is 1.26. The van der Waals surface area contributed by atoms with Crippen LogP contribution in [0, 0.1) is 0 Å². The van der Waals surface area contributed by atoms with Gasteiger partial charge in [-0.1, -0.05) is 0 Å². The van der Waals surface area contributed by atoms with E-state index in [4.69, 9.17) is 5.73 Å². The summed E-state index contributed by atoms with van der Waals surface area (Å²) in [6.07, 6.45) is 5.05. The van der Waals surface area contributed by atoms with Gasteiger partial charge in [0.25, 0.3) is 0 Å². The molecule has 78 valence electrons. The Balaban J connectivity index is 2.34. The molecule has 1 rings (SSSR count). The van der Waals surface area contributed by atoms with Gasteiger partial charge in [-0.25, -0.2) is 0 Å². The molecule has 0 saturated heterocycles. The number of nitrogens with one attached hydrogen (secondary N) is 1. The second kappa shape index (κ2) is 5.44. The Morgan fingerprint density at radius 1 is 1.64 bits per heavy atom. The first-order chi connectivity index (χ1) is 6.74. The predicted molar refractivity (Wildman–Crippen MR) is 55.6 cm³/mol. The maximum absolute atomic E-state index is 11.5. The van der Waals surface area contributed by atoms with Gasteiger partial charge in [-0.2, -0.15) is 0 Å². The molecule has 0 saturated carbocycles. The van der Waals surface area contributed by atoms with Crippen LogP contribution in [0.1, 0.15) is 18.4 Å². The number of amides is 1. The number of hydrogen-bond acceptors (Lipinski definition) is 2. The first kappa shape index (κ1) is 10.8. The molecule has 0 radical (unpaired) electrons. The molecule has 0 aliphatic heterocycles. The molecule has 0 spiro atoms. The minimum Gasteiger partial charge on any atom is -0.367 e. The molecule has 4 heteroatoms. The normalized spacial score (nSPS) is 10.1. The summed E-state index contributed by atoms with van der Waals surface area (Å²) in [5.41, 5.74) is 6.46. The average molecular weight is 195 g/mol. The Bertz CT molecular complexity index is 269. The van der Waals surface area contributed by atoms with E-state index >= 15 is 0 Å². The number of rotatable bonds is 5. The van der Waals surface area contributed by atoms with E-state index in [1.807, 2.05) is 25.5 Å². The van der Waals surface area contributed by atoms with Gasteiger partial charge < -0.3 is 15.6 Å². The second-order valence-electron chi connectivity index (χ2n) is 3.36. The highest BCUT2D eigenvalue weighted by Gasteiger charge is 2.08. The minimum absolute atomic E-state index is 0.150. The molecule has 1 heterocycles. The summed E-state index contributed by atoms with van der Waals surface area (Å²) in [7, 11) is 1.81. The van der Waals surface area contributed by atoms with Crippen molar-refractivity contribution in [2.75, 3.05) is 13.6 Å². The number of aromatic nitrogens is 1. The third-order valence-corrected chi connectivity index (χ3v) is 2.10. The number of nitrogens with two attached hydrogens (primary N) is 1. The van der Waals surface area contributed by atoms with Gasteiger partial charge in [0.1, 0.15) is 0 Å². The van der Waals surface area contributed by atoms with Crippen LogP contribution in [0.25, 0.3) is 0 Å². The van der Waals surface area contributed by atoms with E-state index in [-0.39, 0.29) is 5.91 Å². The summed E-state index contributed by atoms with van der Waals surface area (Å²) in [6, 6.07) is 1.96. The molecule has 0 fully saturated rings. The molecule has 0 unspecified atom stereocenters. The number of carbonyl (C=O) groups is 1. The van der Waals surface area contributed by atoms with E-state index in [0.29, 0.717) is 19.5 Å². The zero-order valence-electron chi connectivity index (χ0n) is 8.49. The van der Waals surface area contributed by atoms with Gasteiger partial charge in [-0.15, -0.1) is 0 Å². The van der Waals surface area contributed by atoms with Crippen LogP contribution in [0.2, 0.25) is 0 Å². The topological polar surface area (TPSA) is 62.1 Å². The van der Waals surface area contributed by atoms with Gasteiger partial charge >= 0.3 is 0 Å². The molecule has 0 aliphatic rings. The zero-order valence-corrected chi connectivity index (χ0v) is 8.49. The Morgan fingerprint density at radius 2 is 2.43 bits per heavy atom. The highest BCUT2D eigenvalue weighted by atomic mass is 16.2. The van der Waals surface area contributed by atoms with Gasteiger partial charge in [-0.3, -0.25) is 4.79 Å². The van der Waals surface area contributed by atoms with Crippen LogP contribution in [-0.4, -0.2) is 29.4 Å². The molecule has 3 N–H and O–H groups in total. The molecule has 0 aromatic carbocycles. The van der Waals surface area contributed by atoms with E-state index < -0.39 is 0 Å². The summed E-state index contributed by atoms with van der Waals surface area (Å²) >= 11 is 0. The SMILES string of the molecule is CN(Cc1cc[nH]c1)C(=O)CCCN. The molecule has 0 atom stereocenters. The highest BCUT2D eigenvalue weighted by molar-refractivity contribution is 5.75. The van der Waals surface area contributed by atoms with Crippen molar-refractivity contribution in [3.63, 3.8) is 0 Å². The standard InChI is InChI=1S/C10H17N3O/c1-13(10(14)3-2-5-11)8-9-4-6-12-7-9/h4,6-7,12H,2-3,5,8,11H2,1H3. The van der Waals surface area contributed by atoms with E-state index in [1.165, 1.54) is 0 Å². The van der Waals surface area contributed by atoms with Crippen LogP contribution in [-0.2, 0) is 11.3 Å². The molecule has 1 aromatic heterocycles. The van der Waals surface area contributed by atoms with Crippen molar-refractivity contribution in [2.24, 2.45) is 5.73 Å². The van der Waals surface area contributed by atoms with Crippen molar-refractivity contribution >= 4 is 5.91 Å². The van der Waals surface area contributed by atoms with Crippen molar-refractivity contribution in [1.29, 1.82) is 0 Å². The lowest BCUT2D eigenvalue weighted by Crippen LogP contribution is -2.26. The lowest BCUT2D eigenvalue weighted by atomic mass is 10.2. The summed E-state index contributed by atoms with van der Waals surface area (Å²) in [4.78, 5) is 16.2. The second-order valence-corrected chi connectivity index (χ2v) is 3.36. The molecule has 4 nitrogen and oxygen atoms in total. The third-order valence-electron chi connectivity index (χ3n) is 2.10. The van der Waals surface area contributed by atoms with Crippen molar-refractivity contribution in [1.82, 2.24) is 9.88 Å². The fraction of sp³-hybridized carbons (Fsp3) is 0.500. The summed E-state index contributed by atoms with van der Waals surface area (Å²) in [5, 5.41) is 0. The van der Waals surface area contributed by atoms with E-state index in [9.17, 15) is 4.79 Å². The van der Waals surface area contributed by atoms with Crippen molar-refractivity contribution in [3.8, 4) is 0 Å². The van der Waals surface area contributed by atoms with E-state index in [2.05, 4.69) is 4.98 Å². The Kier molecular flexibility index (Phi) is 4.19. The zero-order chi connectivity index (χ0) is 10.4. The number of nitrogens with zero attached hydrogens (tertiary/aromatic N) is 1. The first-order valence-corrected chi connectivity index (χ1v) is 4.79. The lowest BCUT2D eigenvalue weighted by Gasteiger charge is -2.15. The Hall–Kier alpha value is -1.29. The minimum atomic E-state index is 0.150. The molecule has 1 aromatic rings. The van der Waals surface area contributed by atoms with Crippen LogP contribution >= 0.6 is 0 Å². The third kappa shape index (κ3) is 3.22. The number of aromatic amines is 1. The van der Waals surface area contributed by atoms with Gasteiger partial charge in [-0.05, 0) is 24.6 Å². The van der Waals surface area contributed by atoms with Gasteiger partial charge in [0.2, 0.25) is 5.91 Å². The molecule has 0 aliphatic carbocycles. The Morgan fingerprint density at radius 3 is 3.00 bits per heavy atom. The van der Waals surface area contributed by atoms with Crippen LogP contribution in [0.15, 0.2) is 18.5 Å². The highest BCUT2D eigenvalue weighted by Crippen LogP contribution is 2.03. The lowest BCUT2D eigenvalue weighted by molar-refractivity contribution is -0.130. The van der Waals surface area contributed by atoms with Crippen LogP contribution < -0.4 is 5.73 Å². The predicted octanol–water partition coefficient (Wildman–Crippen LogP) is 0.712. The van der Waals surface area contributed by atoms with Crippen LogP contribution in [0.5, 0.6) is 0 Å². The maximum Gasteiger partial charge on any atom is 0.222 e. The number of hydrogen-bond donors (Lipinski definition) is 2. The van der Waals surface area contributed by atoms with Crippen molar-refractivity contribution in [2.45, 2.75) is 19.4 Å². The molecule has 1 amide bonds. The van der Waals surface area contributed by atoms with Crippen molar-refractivity contribution in [3.05, 3.63) is 24.0 Å². The number of H-pyrrole nitrogens is 1.